The van der Waals surface area contributed by atoms with Crippen LogP contribution in [0.4, 0.5) is 0 Å². The van der Waals surface area contributed by atoms with Gasteiger partial charge < -0.3 is 29.5 Å². The first kappa shape index (κ1) is 35.4. The van der Waals surface area contributed by atoms with Crippen LogP contribution in [0.2, 0.25) is 10.0 Å². The lowest BCUT2D eigenvalue weighted by atomic mass is 9.85. The molecule has 3 atom stereocenters. The molecule has 0 spiro atoms. The van der Waals surface area contributed by atoms with E-state index in [1.807, 2.05) is 49.5 Å². The molecule has 3 heterocycles. The number of carboxylic acids is 1. The smallest absolute Gasteiger partial charge is 0.346 e. The number of aromatic nitrogens is 1. The zero-order valence-corrected chi connectivity index (χ0v) is 29.1. The standard InChI is InChI=1S/C35H37Cl2N3O7S/c1-39-12-11-23(18-39)47-33(41)16-30(21-7-5-4-6-8-21)38-17-24-14-26(34(48-24)35(42)43)25(15-27-28(36)19-40(44)20-29(27)37)22-9-10-31(45-2)32(13-22)46-3/h4-10,13-14,19-20,23,25,30,38H,11-12,15-18H2,1-3H3,(H-,42,43,44)/p+1/t23-,25+,30?/m1/s1. The van der Waals surface area contributed by atoms with Crippen molar-refractivity contribution < 1.29 is 38.8 Å². The van der Waals surface area contributed by atoms with Crippen molar-refractivity contribution in [1.82, 2.24) is 10.2 Å². The lowest BCUT2D eigenvalue weighted by molar-refractivity contribution is -0.904. The maximum absolute atomic E-state index is 13.0. The molecule has 5 rings (SSSR count). The molecule has 10 nitrogen and oxygen atoms in total. The maximum atomic E-state index is 13.0. The van der Waals surface area contributed by atoms with E-state index in [0.717, 1.165) is 45.0 Å². The molecule has 48 heavy (non-hydrogen) atoms. The summed E-state index contributed by atoms with van der Waals surface area (Å²) in [5.74, 6) is -0.876. The minimum atomic E-state index is -1.07. The van der Waals surface area contributed by atoms with Gasteiger partial charge in [-0.15, -0.1) is 11.3 Å². The molecule has 1 fully saturated rings. The fourth-order valence-corrected chi connectivity index (χ4v) is 7.61. The molecule has 0 radical (unpaired) electrons. The Morgan fingerprint density at radius 2 is 1.75 bits per heavy atom. The first-order valence-corrected chi connectivity index (χ1v) is 17.0. The van der Waals surface area contributed by atoms with Crippen molar-refractivity contribution in [2.24, 2.45) is 0 Å². The largest absolute Gasteiger partial charge is 0.493 e. The van der Waals surface area contributed by atoms with Crippen molar-refractivity contribution in [1.29, 1.82) is 0 Å². The summed E-state index contributed by atoms with van der Waals surface area (Å²) in [7, 11) is 5.08. The van der Waals surface area contributed by atoms with Crippen LogP contribution in [0.5, 0.6) is 11.5 Å². The van der Waals surface area contributed by atoms with Crippen molar-refractivity contribution >= 4 is 46.5 Å². The summed E-state index contributed by atoms with van der Waals surface area (Å²) in [6, 6.07) is 16.6. The van der Waals surface area contributed by atoms with Gasteiger partial charge in [0.15, 0.2) is 11.5 Å². The second-order valence-electron chi connectivity index (χ2n) is 11.7. The van der Waals surface area contributed by atoms with Gasteiger partial charge in [0.05, 0.1) is 20.6 Å². The number of nitrogens with zero attached hydrogens (tertiary/aromatic N) is 2. The molecule has 1 aliphatic rings. The summed E-state index contributed by atoms with van der Waals surface area (Å²) >= 11 is 14.2. The second kappa shape index (κ2) is 16.0. The predicted octanol–water partition coefficient (Wildman–Crippen LogP) is 6.14. The SMILES string of the molecule is COc1ccc([C@H](Cc2c(Cl)c[n+](O)cc2Cl)c2cc(CNC(CC(=O)O[C@@H]3CCN(C)C3)c3ccccc3)sc2C(=O)O)cc1OC. The zero-order valence-electron chi connectivity index (χ0n) is 26.8. The van der Waals surface area contributed by atoms with Crippen LogP contribution in [0.25, 0.3) is 0 Å². The van der Waals surface area contributed by atoms with Gasteiger partial charge in [-0.25, -0.2) is 4.79 Å². The van der Waals surface area contributed by atoms with Gasteiger partial charge in [-0.1, -0.05) is 59.6 Å². The number of hydrogen-bond acceptors (Lipinski definition) is 9. The van der Waals surface area contributed by atoms with E-state index in [0.29, 0.717) is 35.7 Å². The number of esters is 1. The highest BCUT2D eigenvalue weighted by Crippen LogP contribution is 2.41. The van der Waals surface area contributed by atoms with Gasteiger partial charge in [0.25, 0.3) is 0 Å². The molecule has 2 aromatic heterocycles. The van der Waals surface area contributed by atoms with Crippen LogP contribution in [-0.2, 0) is 22.5 Å². The number of aromatic carboxylic acids is 1. The number of likely N-dealkylation sites (tertiary alicyclic amines) is 1. The minimum Gasteiger partial charge on any atom is -0.493 e. The Balaban J connectivity index is 1.47. The number of halogens is 2. The number of pyridine rings is 1. The fourth-order valence-electron chi connectivity index (χ4n) is 6.00. The van der Waals surface area contributed by atoms with Gasteiger partial charge in [-0.3, -0.25) is 10.0 Å². The molecule has 3 N–H and O–H groups in total. The van der Waals surface area contributed by atoms with E-state index >= 15 is 0 Å². The molecule has 1 aliphatic heterocycles. The first-order valence-electron chi connectivity index (χ1n) is 15.4. The lowest BCUT2D eigenvalue weighted by Gasteiger charge is -2.21. The van der Waals surface area contributed by atoms with Gasteiger partial charge in [0.2, 0.25) is 12.4 Å². The topological polar surface area (TPSA) is 121 Å². The Morgan fingerprint density at radius 3 is 2.38 bits per heavy atom. The Bertz CT molecular complexity index is 1730. The van der Waals surface area contributed by atoms with Crippen molar-refractivity contribution in [2.75, 3.05) is 34.4 Å². The normalized spacial score (nSPS) is 16.0. The van der Waals surface area contributed by atoms with Gasteiger partial charge in [0.1, 0.15) is 21.0 Å². The van der Waals surface area contributed by atoms with Crippen LogP contribution in [0, 0.1) is 0 Å². The molecule has 0 amide bonds. The van der Waals surface area contributed by atoms with Crippen LogP contribution in [0.1, 0.15) is 61.6 Å². The molecular weight excluding hydrogens is 677 g/mol. The number of thiophene rings is 1. The van der Waals surface area contributed by atoms with E-state index in [4.69, 9.17) is 37.4 Å². The highest BCUT2D eigenvalue weighted by molar-refractivity contribution is 7.14. The van der Waals surface area contributed by atoms with Crippen molar-refractivity contribution in [3.8, 4) is 11.5 Å². The molecule has 254 valence electrons. The lowest BCUT2D eigenvalue weighted by Crippen LogP contribution is -2.29. The van der Waals surface area contributed by atoms with E-state index in [1.165, 1.54) is 19.5 Å². The van der Waals surface area contributed by atoms with E-state index in [2.05, 4.69) is 10.2 Å². The van der Waals surface area contributed by atoms with Gasteiger partial charge in [-0.05, 0) is 54.8 Å². The number of carbonyl (C=O) groups is 2. The number of hydrogen-bond donors (Lipinski definition) is 3. The van der Waals surface area contributed by atoms with Crippen LogP contribution in [-0.4, -0.2) is 67.6 Å². The third-order valence-electron chi connectivity index (χ3n) is 8.41. The molecule has 0 saturated carbocycles. The quantitative estimate of drug-likeness (QED) is 0.0804. The molecule has 4 aromatic rings. The summed E-state index contributed by atoms with van der Waals surface area (Å²) in [6.45, 7) is 1.91. The molecule has 0 bridgehead atoms. The van der Waals surface area contributed by atoms with Crippen LogP contribution in [0.15, 0.2) is 67.0 Å². The summed E-state index contributed by atoms with van der Waals surface area (Å²) in [5, 5.41) is 24.3. The number of methoxy groups -OCH3 is 2. The molecule has 0 aliphatic carbocycles. The molecule has 1 unspecified atom stereocenters. The van der Waals surface area contributed by atoms with E-state index < -0.39 is 11.9 Å². The fraction of sp³-hybridized carbons (Fsp3) is 0.343. The second-order valence-corrected chi connectivity index (χ2v) is 13.6. The monoisotopic (exact) mass is 714 g/mol. The predicted molar refractivity (Wildman–Crippen MR) is 183 cm³/mol. The summed E-state index contributed by atoms with van der Waals surface area (Å²) in [5.41, 5.74) is 2.78. The highest BCUT2D eigenvalue weighted by Gasteiger charge is 2.29. The van der Waals surface area contributed by atoms with Crippen molar-refractivity contribution in [2.45, 2.75) is 43.9 Å². The molecular formula is C35H38Cl2N3O7S+. The summed E-state index contributed by atoms with van der Waals surface area (Å²) in [6.07, 6.45) is 3.69. The Kier molecular flexibility index (Phi) is 11.8. The number of ether oxygens (including phenoxy) is 3. The average molecular weight is 716 g/mol. The Hall–Kier alpha value is -3.87. The third kappa shape index (κ3) is 8.58. The van der Waals surface area contributed by atoms with E-state index in [-0.39, 0.29) is 45.9 Å². The number of rotatable bonds is 14. The number of likely N-dealkylation sites (N-methyl/N-ethyl adjacent to an activating group) is 1. The number of carboxylic acid groups (broad SMARTS) is 1. The van der Waals surface area contributed by atoms with Crippen molar-refractivity contribution in [3.63, 3.8) is 0 Å². The van der Waals surface area contributed by atoms with Gasteiger partial charge in [0, 0.05) is 46.8 Å². The van der Waals surface area contributed by atoms with E-state index in [9.17, 15) is 19.9 Å². The van der Waals surface area contributed by atoms with Crippen molar-refractivity contribution in [3.05, 3.63) is 109 Å². The van der Waals surface area contributed by atoms with Crippen LogP contribution in [0.3, 0.4) is 0 Å². The third-order valence-corrected chi connectivity index (χ3v) is 10.2. The summed E-state index contributed by atoms with van der Waals surface area (Å²) < 4.78 is 17.6. The molecule has 2 aromatic carbocycles. The van der Waals surface area contributed by atoms with Crippen LogP contribution < -0.4 is 19.5 Å². The number of nitrogens with one attached hydrogen (secondary N) is 1. The summed E-state index contributed by atoms with van der Waals surface area (Å²) in [4.78, 5) is 28.8. The first-order chi connectivity index (χ1) is 23.1. The average Bonchev–Trinajstić information content (AvgIpc) is 3.68. The molecule has 1 saturated heterocycles. The van der Waals surface area contributed by atoms with E-state index in [1.54, 1.807) is 19.2 Å². The zero-order chi connectivity index (χ0) is 34.4. The maximum Gasteiger partial charge on any atom is 0.346 e. The number of benzene rings is 2. The van der Waals surface area contributed by atoms with Gasteiger partial charge in [-0.2, -0.15) is 0 Å². The number of carbonyl (C=O) groups excluding carboxylic acids is 1. The van der Waals surface area contributed by atoms with Gasteiger partial charge >= 0.3 is 11.9 Å². The highest BCUT2D eigenvalue weighted by atomic mass is 35.5. The minimum absolute atomic E-state index is 0.123. The molecule has 13 heteroatoms. The Labute approximate surface area is 293 Å². The van der Waals surface area contributed by atoms with Crippen LogP contribution >= 0.6 is 34.5 Å². The Morgan fingerprint density at radius 1 is 1.04 bits per heavy atom.